The fourth-order valence-corrected chi connectivity index (χ4v) is 2.81. The van der Waals surface area contributed by atoms with Gasteiger partial charge in [-0.1, -0.05) is 40.5 Å². The van der Waals surface area contributed by atoms with Crippen molar-refractivity contribution in [3.05, 3.63) is 62.8 Å². The number of methoxy groups -OCH3 is 1. The maximum Gasteiger partial charge on any atom is 0.165 e. The lowest BCUT2D eigenvalue weighted by Crippen LogP contribution is -2.22. The average Bonchev–Trinajstić information content (AvgIpc) is 2.47. The number of halogens is 3. The van der Waals surface area contributed by atoms with Crippen LogP contribution in [0.5, 0.6) is 5.75 Å². The van der Waals surface area contributed by atoms with Crippen molar-refractivity contribution in [2.75, 3.05) is 13.7 Å². The monoisotopic (exact) mass is 371 g/mol. The van der Waals surface area contributed by atoms with Crippen LogP contribution in [0.15, 0.2) is 40.9 Å². The van der Waals surface area contributed by atoms with E-state index in [9.17, 15) is 4.39 Å². The first-order valence-corrected chi connectivity index (χ1v) is 7.75. The van der Waals surface area contributed by atoms with Crippen molar-refractivity contribution in [1.82, 2.24) is 5.32 Å². The third-order valence-corrected chi connectivity index (χ3v) is 4.02. The molecule has 2 nitrogen and oxygen atoms in total. The lowest BCUT2D eigenvalue weighted by molar-refractivity contribution is 0.385. The van der Waals surface area contributed by atoms with E-state index in [1.165, 1.54) is 13.2 Å². The van der Waals surface area contributed by atoms with Crippen LogP contribution in [-0.2, 0) is 0 Å². The third-order valence-electron chi connectivity index (χ3n) is 3.19. The Morgan fingerprint density at radius 3 is 2.67 bits per heavy atom. The molecule has 0 aliphatic heterocycles. The number of rotatable bonds is 5. The minimum absolute atomic E-state index is 0.180. The van der Waals surface area contributed by atoms with Crippen LogP contribution in [-0.4, -0.2) is 13.7 Å². The molecule has 0 amide bonds. The van der Waals surface area contributed by atoms with Gasteiger partial charge in [-0.15, -0.1) is 0 Å². The molecule has 0 fully saturated rings. The Balaban J connectivity index is 2.48. The van der Waals surface area contributed by atoms with Crippen molar-refractivity contribution in [1.29, 1.82) is 0 Å². The van der Waals surface area contributed by atoms with E-state index in [1.807, 2.05) is 31.2 Å². The number of hydrogen-bond donors (Lipinski definition) is 1. The molecule has 1 unspecified atom stereocenters. The van der Waals surface area contributed by atoms with Gasteiger partial charge in [0.1, 0.15) is 0 Å². The topological polar surface area (TPSA) is 21.3 Å². The highest BCUT2D eigenvalue weighted by Gasteiger charge is 2.18. The lowest BCUT2D eigenvalue weighted by atomic mass is 9.98. The van der Waals surface area contributed by atoms with E-state index < -0.39 is 0 Å². The van der Waals surface area contributed by atoms with Gasteiger partial charge in [-0.3, -0.25) is 0 Å². The van der Waals surface area contributed by atoms with Crippen molar-refractivity contribution >= 4 is 27.5 Å². The zero-order valence-corrected chi connectivity index (χ0v) is 14.1. The van der Waals surface area contributed by atoms with Crippen molar-refractivity contribution in [3.63, 3.8) is 0 Å². The van der Waals surface area contributed by atoms with E-state index in [0.29, 0.717) is 5.02 Å². The molecule has 0 heterocycles. The predicted octanol–water partition coefficient (Wildman–Crippen LogP) is 4.95. The fourth-order valence-electron chi connectivity index (χ4n) is 2.21. The summed E-state index contributed by atoms with van der Waals surface area (Å²) in [6, 6.07) is 10.4. The molecule has 2 aromatic rings. The standard InChI is InChI=1S/C16H16BrClFNO/c1-3-20-16(12-9-11(17)5-6-13(12)18)10-4-7-15(21-2)14(19)8-10/h4-9,16,20H,3H2,1-2H3. The Hall–Kier alpha value is -1.10. The summed E-state index contributed by atoms with van der Waals surface area (Å²) in [6.45, 7) is 2.74. The van der Waals surface area contributed by atoms with Gasteiger partial charge < -0.3 is 10.1 Å². The molecular weight excluding hydrogens is 357 g/mol. The summed E-state index contributed by atoms with van der Waals surface area (Å²) in [5.41, 5.74) is 1.70. The van der Waals surface area contributed by atoms with E-state index in [2.05, 4.69) is 21.2 Å². The highest BCUT2D eigenvalue weighted by Crippen LogP contribution is 2.32. The lowest BCUT2D eigenvalue weighted by Gasteiger charge is -2.21. The molecule has 0 aliphatic rings. The minimum atomic E-state index is -0.385. The van der Waals surface area contributed by atoms with Gasteiger partial charge in [-0.2, -0.15) is 0 Å². The Bertz CT molecular complexity index is 636. The molecule has 2 rings (SSSR count). The van der Waals surface area contributed by atoms with Gasteiger partial charge in [-0.25, -0.2) is 4.39 Å². The van der Waals surface area contributed by atoms with Crippen molar-refractivity contribution in [3.8, 4) is 5.75 Å². The van der Waals surface area contributed by atoms with E-state index in [4.69, 9.17) is 16.3 Å². The second kappa shape index (κ2) is 7.25. The highest BCUT2D eigenvalue weighted by atomic mass is 79.9. The molecule has 5 heteroatoms. The van der Waals surface area contributed by atoms with Crippen LogP contribution < -0.4 is 10.1 Å². The molecule has 1 atom stereocenters. The largest absolute Gasteiger partial charge is 0.494 e. The van der Waals surface area contributed by atoms with E-state index in [1.54, 1.807) is 6.07 Å². The van der Waals surface area contributed by atoms with E-state index in [-0.39, 0.29) is 17.6 Å². The number of benzene rings is 2. The quantitative estimate of drug-likeness (QED) is 0.802. The Labute approximate surface area is 137 Å². The van der Waals surface area contributed by atoms with Crippen LogP contribution >= 0.6 is 27.5 Å². The summed E-state index contributed by atoms with van der Waals surface area (Å²) < 4.78 is 19.8. The number of hydrogen-bond acceptors (Lipinski definition) is 2. The van der Waals surface area contributed by atoms with Crippen LogP contribution in [0.1, 0.15) is 24.1 Å². The van der Waals surface area contributed by atoms with Gasteiger partial charge in [0.2, 0.25) is 0 Å². The van der Waals surface area contributed by atoms with Gasteiger partial charge in [0.15, 0.2) is 11.6 Å². The summed E-state index contributed by atoms with van der Waals surface area (Å²) in [5, 5.41) is 3.97. The molecule has 0 bridgehead atoms. The molecule has 0 spiro atoms. The van der Waals surface area contributed by atoms with Crippen molar-refractivity contribution < 1.29 is 9.13 Å². The molecule has 2 aromatic carbocycles. The maximum absolute atomic E-state index is 14.0. The Kier molecular flexibility index (Phi) is 5.62. The van der Waals surface area contributed by atoms with Crippen LogP contribution in [0.25, 0.3) is 0 Å². The first kappa shape index (κ1) is 16.3. The van der Waals surface area contributed by atoms with Crippen LogP contribution in [0.2, 0.25) is 5.02 Å². The van der Waals surface area contributed by atoms with Crippen molar-refractivity contribution in [2.45, 2.75) is 13.0 Å². The Morgan fingerprint density at radius 2 is 2.05 bits per heavy atom. The second-order valence-electron chi connectivity index (χ2n) is 4.55. The molecule has 0 aromatic heterocycles. The van der Waals surface area contributed by atoms with Crippen LogP contribution in [0.3, 0.4) is 0 Å². The summed E-state index contributed by atoms with van der Waals surface area (Å²) in [6.07, 6.45) is 0. The number of ether oxygens (including phenoxy) is 1. The summed E-state index contributed by atoms with van der Waals surface area (Å²) in [5.74, 6) is -0.154. The van der Waals surface area contributed by atoms with Gasteiger partial charge in [0.25, 0.3) is 0 Å². The molecule has 0 radical (unpaired) electrons. The van der Waals surface area contributed by atoms with Crippen molar-refractivity contribution in [2.24, 2.45) is 0 Å². The number of nitrogens with one attached hydrogen (secondary N) is 1. The first-order valence-electron chi connectivity index (χ1n) is 6.58. The predicted molar refractivity (Wildman–Crippen MR) is 87.6 cm³/mol. The molecule has 0 saturated carbocycles. The van der Waals surface area contributed by atoms with E-state index >= 15 is 0 Å². The molecular formula is C16H16BrClFNO. The minimum Gasteiger partial charge on any atom is -0.494 e. The summed E-state index contributed by atoms with van der Waals surface area (Å²) >= 11 is 9.74. The SMILES string of the molecule is CCNC(c1ccc(OC)c(F)c1)c1cc(Br)ccc1Cl. The zero-order chi connectivity index (χ0) is 15.4. The molecule has 21 heavy (non-hydrogen) atoms. The first-order chi connectivity index (χ1) is 10.1. The maximum atomic E-state index is 14.0. The smallest absolute Gasteiger partial charge is 0.165 e. The van der Waals surface area contributed by atoms with Gasteiger partial charge in [0.05, 0.1) is 13.2 Å². The van der Waals surface area contributed by atoms with Crippen LogP contribution in [0.4, 0.5) is 4.39 Å². The van der Waals surface area contributed by atoms with E-state index in [0.717, 1.165) is 22.1 Å². The fraction of sp³-hybridized carbons (Fsp3) is 0.250. The zero-order valence-electron chi connectivity index (χ0n) is 11.8. The van der Waals surface area contributed by atoms with Gasteiger partial charge in [-0.05, 0) is 48.0 Å². The molecule has 0 saturated heterocycles. The highest BCUT2D eigenvalue weighted by molar-refractivity contribution is 9.10. The second-order valence-corrected chi connectivity index (χ2v) is 5.87. The summed E-state index contributed by atoms with van der Waals surface area (Å²) in [4.78, 5) is 0. The third kappa shape index (κ3) is 3.76. The average molecular weight is 373 g/mol. The molecule has 112 valence electrons. The van der Waals surface area contributed by atoms with Gasteiger partial charge >= 0.3 is 0 Å². The Morgan fingerprint density at radius 1 is 1.29 bits per heavy atom. The molecule has 0 aliphatic carbocycles. The van der Waals surface area contributed by atoms with Gasteiger partial charge in [0, 0.05) is 9.50 Å². The summed E-state index contributed by atoms with van der Waals surface area (Å²) in [7, 11) is 1.45. The normalized spacial score (nSPS) is 12.2. The molecule has 1 N–H and O–H groups in total. The van der Waals surface area contributed by atoms with Crippen LogP contribution in [0, 0.1) is 5.82 Å².